The Morgan fingerprint density at radius 2 is 1.84 bits per heavy atom. The highest BCUT2D eigenvalue weighted by Gasteiger charge is 2.30. The van der Waals surface area contributed by atoms with Gasteiger partial charge in [-0.2, -0.15) is 0 Å². The number of aliphatic hydroxyl groups excluding tert-OH is 2. The molecular formula is C15H32N2O2. The third kappa shape index (κ3) is 5.78. The minimum atomic E-state index is 0.176. The Morgan fingerprint density at radius 1 is 1.16 bits per heavy atom. The van der Waals surface area contributed by atoms with Gasteiger partial charge in [0.25, 0.3) is 0 Å². The SMILES string of the molecule is CCCC1CCC(NC)C(CN(CCO)CCO)C1. The van der Waals surface area contributed by atoms with E-state index in [4.69, 9.17) is 10.2 Å². The van der Waals surface area contributed by atoms with Gasteiger partial charge in [0.15, 0.2) is 0 Å². The van der Waals surface area contributed by atoms with Crippen LogP contribution in [0.5, 0.6) is 0 Å². The summed E-state index contributed by atoms with van der Waals surface area (Å²) in [5.41, 5.74) is 0. The molecule has 1 saturated carbocycles. The Kier molecular flexibility index (Phi) is 8.62. The Labute approximate surface area is 118 Å². The molecule has 0 aromatic rings. The van der Waals surface area contributed by atoms with E-state index < -0.39 is 0 Å². The van der Waals surface area contributed by atoms with Crippen LogP contribution in [0.2, 0.25) is 0 Å². The molecule has 0 aliphatic heterocycles. The third-order valence-electron chi connectivity index (χ3n) is 4.48. The predicted octanol–water partition coefficient (Wildman–Crippen LogP) is 1.08. The molecule has 3 N–H and O–H groups in total. The maximum absolute atomic E-state index is 9.11. The van der Waals surface area contributed by atoms with Crippen LogP contribution in [0.4, 0.5) is 0 Å². The molecule has 1 aliphatic rings. The van der Waals surface area contributed by atoms with E-state index in [1.54, 1.807) is 0 Å². The minimum Gasteiger partial charge on any atom is -0.395 e. The quantitative estimate of drug-likeness (QED) is 0.588. The first kappa shape index (κ1) is 16.9. The number of nitrogens with zero attached hydrogens (tertiary/aromatic N) is 1. The Morgan fingerprint density at radius 3 is 2.37 bits per heavy atom. The summed E-state index contributed by atoms with van der Waals surface area (Å²) in [6, 6.07) is 0.591. The molecule has 4 heteroatoms. The van der Waals surface area contributed by atoms with Gasteiger partial charge in [-0.3, -0.25) is 4.90 Å². The lowest BCUT2D eigenvalue weighted by Gasteiger charge is -2.38. The van der Waals surface area contributed by atoms with Gasteiger partial charge in [-0.1, -0.05) is 19.8 Å². The lowest BCUT2D eigenvalue weighted by atomic mass is 9.76. The van der Waals surface area contributed by atoms with E-state index in [9.17, 15) is 0 Å². The van der Waals surface area contributed by atoms with Crippen molar-refractivity contribution in [2.75, 3.05) is 39.9 Å². The van der Waals surface area contributed by atoms with Crippen LogP contribution in [0.1, 0.15) is 39.0 Å². The Balaban J connectivity index is 2.52. The van der Waals surface area contributed by atoms with Crippen LogP contribution in [0.3, 0.4) is 0 Å². The first-order chi connectivity index (χ1) is 9.24. The molecule has 0 heterocycles. The summed E-state index contributed by atoms with van der Waals surface area (Å²) < 4.78 is 0. The van der Waals surface area contributed by atoms with Gasteiger partial charge in [0.1, 0.15) is 0 Å². The van der Waals surface area contributed by atoms with Crippen LogP contribution in [0.15, 0.2) is 0 Å². The largest absolute Gasteiger partial charge is 0.395 e. The second kappa shape index (κ2) is 9.70. The van der Waals surface area contributed by atoms with Gasteiger partial charge in [-0.15, -0.1) is 0 Å². The van der Waals surface area contributed by atoms with Crippen LogP contribution in [0.25, 0.3) is 0 Å². The standard InChI is InChI=1S/C15H32N2O2/c1-3-4-13-5-6-15(16-2)14(11-13)12-17(7-9-18)8-10-19/h13-16,18-19H,3-12H2,1-2H3. The maximum atomic E-state index is 9.11. The van der Waals surface area contributed by atoms with Crippen molar-refractivity contribution in [3.05, 3.63) is 0 Å². The van der Waals surface area contributed by atoms with Crippen LogP contribution in [-0.2, 0) is 0 Å². The Bertz CT molecular complexity index is 220. The molecule has 0 saturated heterocycles. The van der Waals surface area contributed by atoms with Crippen molar-refractivity contribution in [3.8, 4) is 0 Å². The van der Waals surface area contributed by atoms with Gasteiger partial charge in [0.2, 0.25) is 0 Å². The number of hydrogen-bond donors (Lipinski definition) is 3. The molecule has 4 nitrogen and oxygen atoms in total. The van der Waals surface area contributed by atoms with E-state index in [0.29, 0.717) is 25.0 Å². The molecule has 1 aliphatic carbocycles. The van der Waals surface area contributed by atoms with Crippen molar-refractivity contribution >= 4 is 0 Å². The zero-order valence-electron chi connectivity index (χ0n) is 12.6. The molecule has 3 unspecified atom stereocenters. The molecule has 1 fully saturated rings. The lowest BCUT2D eigenvalue weighted by molar-refractivity contribution is 0.106. The van der Waals surface area contributed by atoms with Gasteiger partial charge in [0, 0.05) is 25.7 Å². The third-order valence-corrected chi connectivity index (χ3v) is 4.48. The first-order valence-corrected chi connectivity index (χ1v) is 7.86. The fourth-order valence-corrected chi connectivity index (χ4v) is 3.52. The number of aliphatic hydroxyl groups is 2. The van der Waals surface area contributed by atoms with Crippen LogP contribution >= 0.6 is 0 Å². The van der Waals surface area contributed by atoms with Crippen molar-refractivity contribution in [2.24, 2.45) is 11.8 Å². The maximum Gasteiger partial charge on any atom is 0.0558 e. The summed E-state index contributed by atoms with van der Waals surface area (Å²) in [4.78, 5) is 2.20. The second-order valence-corrected chi connectivity index (χ2v) is 5.87. The fraction of sp³-hybridized carbons (Fsp3) is 1.00. The molecule has 0 amide bonds. The van der Waals surface area contributed by atoms with E-state index in [1.807, 2.05) is 0 Å². The first-order valence-electron chi connectivity index (χ1n) is 7.86. The van der Waals surface area contributed by atoms with Crippen LogP contribution in [0, 0.1) is 11.8 Å². The average molecular weight is 272 g/mol. The summed E-state index contributed by atoms with van der Waals surface area (Å²) in [7, 11) is 2.06. The molecule has 0 bridgehead atoms. The molecular weight excluding hydrogens is 240 g/mol. The van der Waals surface area contributed by atoms with Crippen molar-refractivity contribution in [3.63, 3.8) is 0 Å². The molecule has 19 heavy (non-hydrogen) atoms. The van der Waals surface area contributed by atoms with Gasteiger partial charge in [-0.05, 0) is 38.1 Å². The number of nitrogens with one attached hydrogen (secondary N) is 1. The lowest BCUT2D eigenvalue weighted by Crippen LogP contribution is -2.45. The molecule has 1 rings (SSSR count). The van der Waals surface area contributed by atoms with Crippen LogP contribution in [-0.4, -0.2) is 61.1 Å². The van der Waals surface area contributed by atoms with Crippen molar-refractivity contribution in [1.82, 2.24) is 10.2 Å². The van der Waals surface area contributed by atoms with Crippen molar-refractivity contribution < 1.29 is 10.2 Å². The van der Waals surface area contributed by atoms with Crippen molar-refractivity contribution in [2.45, 2.75) is 45.1 Å². The minimum absolute atomic E-state index is 0.176. The van der Waals surface area contributed by atoms with E-state index in [1.165, 1.54) is 32.1 Å². The smallest absolute Gasteiger partial charge is 0.0558 e. The number of rotatable bonds is 9. The highest BCUT2D eigenvalue weighted by Crippen LogP contribution is 2.32. The molecule has 0 aromatic heterocycles. The zero-order valence-corrected chi connectivity index (χ0v) is 12.6. The molecule has 0 spiro atoms. The average Bonchev–Trinajstić information content (AvgIpc) is 2.40. The van der Waals surface area contributed by atoms with E-state index in [-0.39, 0.29) is 13.2 Å². The molecule has 114 valence electrons. The normalized spacial score (nSPS) is 27.9. The Hall–Kier alpha value is -0.160. The summed E-state index contributed by atoms with van der Waals surface area (Å²) >= 11 is 0. The summed E-state index contributed by atoms with van der Waals surface area (Å²) in [5.74, 6) is 1.51. The van der Waals surface area contributed by atoms with Gasteiger partial charge in [0.05, 0.1) is 13.2 Å². The molecule has 0 aromatic carbocycles. The molecule has 3 atom stereocenters. The monoisotopic (exact) mass is 272 g/mol. The topological polar surface area (TPSA) is 55.7 Å². The summed E-state index contributed by atoms with van der Waals surface area (Å²) in [6.07, 6.45) is 6.51. The van der Waals surface area contributed by atoms with Gasteiger partial charge >= 0.3 is 0 Å². The van der Waals surface area contributed by atoms with E-state index in [2.05, 4.69) is 24.2 Å². The summed E-state index contributed by atoms with van der Waals surface area (Å²) in [5, 5.41) is 21.7. The number of hydrogen-bond acceptors (Lipinski definition) is 4. The van der Waals surface area contributed by atoms with E-state index >= 15 is 0 Å². The second-order valence-electron chi connectivity index (χ2n) is 5.87. The van der Waals surface area contributed by atoms with E-state index in [0.717, 1.165) is 12.5 Å². The van der Waals surface area contributed by atoms with Crippen LogP contribution < -0.4 is 5.32 Å². The highest BCUT2D eigenvalue weighted by atomic mass is 16.3. The summed E-state index contributed by atoms with van der Waals surface area (Å²) in [6.45, 7) is 4.96. The van der Waals surface area contributed by atoms with Gasteiger partial charge in [-0.25, -0.2) is 0 Å². The predicted molar refractivity (Wildman–Crippen MR) is 79.2 cm³/mol. The molecule has 0 radical (unpaired) electrons. The van der Waals surface area contributed by atoms with Crippen molar-refractivity contribution in [1.29, 1.82) is 0 Å². The highest BCUT2D eigenvalue weighted by molar-refractivity contribution is 4.86. The van der Waals surface area contributed by atoms with Gasteiger partial charge < -0.3 is 15.5 Å². The zero-order chi connectivity index (χ0) is 14.1. The fourth-order valence-electron chi connectivity index (χ4n) is 3.52.